The van der Waals surface area contributed by atoms with E-state index in [4.69, 9.17) is 0 Å². The topological polar surface area (TPSA) is 80.3 Å². The van der Waals surface area contributed by atoms with Crippen LogP contribution in [-0.2, 0) is 9.59 Å². The molecule has 0 heterocycles. The Morgan fingerprint density at radius 2 is 1.27 bits per heavy atom. The zero-order chi connectivity index (χ0) is 9.59. The molecule has 0 N–H and O–H groups in total. The largest absolute Gasteiger partial charge is 1.00 e. The normalized spacial score (nSPS) is 35.5. The van der Waals surface area contributed by atoms with Crippen molar-refractivity contribution < 1.29 is 78.9 Å². The van der Waals surface area contributed by atoms with Gasteiger partial charge in [0.25, 0.3) is 0 Å². The molecule has 0 aromatic heterocycles. The van der Waals surface area contributed by atoms with Crippen LogP contribution in [0, 0.1) is 23.7 Å². The minimum absolute atomic E-state index is 0. The average molecular weight is 226 g/mol. The molecule has 2 rings (SSSR count). The molecule has 70 valence electrons. The first-order valence-electron chi connectivity index (χ1n) is 4.21. The van der Waals surface area contributed by atoms with Gasteiger partial charge in [-0.2, -0.15) is 0 Å². The summed E-state index contributed by atoms with van der Waals surface area (Å²) >= 11 is 0. The van der Waals surface area contributed by atoms with Crippen LogP contribution < -0.4 is 69.3 Å². The Hall–Kier alpha value is 0.680. The van der Waals surface area contributed by atoms with Crippen LogP contribution in [-0.4, -0.2) is 11.9 Å². The monoisotopic (exact) mass is 226 g/mol. The molecule has 2 aliphatic rings. The van der Waals surface area contributed by atoms with E-state index in [9.17, 15) is 19.8 Å². The van der Waals surface area contributed by atoms with E-state index in [0.29, 0.717) is 6.42 Å². The number of fused-ring (bicyclic) bond motifs is 2. The molecule has 4 nitrogen and oxygen atoms in total. The smallest absolute Gasteiger partial charge is 0.550 e. The van der Waals surface area contributed by atoms with Crippen LogP contribution in [0.3, 0.4) is 0 Å². The van der Waals surface area contributed by atoms with Gasteiger partial charge in [0.05, 0.1) is 0 Å². The van der Waals surface area contributed by atoms with Gasteiger partial charge in [0.2, 0.25) is 0 Å². The Morgan fingerprint density at radius 1 is 0.933 bits per heavy atom. The predicted octanol–water partition coefficient (Wildman–Crippen LogP) is -8.07. The molecule has 6 heteroatoms. The van der Waals surface area contributed by atoms with Crippen molar-refractivity contribution in [1.29, 1.82) is 0 Å². The number of allylic oxidation sites excluding steroid dienone is 2. The maximum atomic E-state index is 10.7. The van der Waals surface area contributed by atoms with Crippen LogP contribution in [0.15, 0.2) is 12.2 Å². The Labute approximate surface area is 132 Å². The standard InChI is InChI=1S/C9H10O4.2Na/c10-8(11)6-4-1-2-5(3-4)7(6)9(12)13;;/h1-2,4-7H,3H2,(H,10,11)(H,12,13);;/q;2*+1/p-2/t4?,5?,6-,7-;;/m1../s1. The van der Waals surface area contributed by atoms with E-state index in [2.05, 4.69) is 0 Å². The van der Waals surface area contributed by atoms with Gasteiger partial charge in [-0.25, -0.2) is 0 Å². The summed E-state index contributed by atoms with van der Waals surface area (Å²) in [6.07, 6.45) is 4.15. The van der Waals surface area contributed by atoms with E-state index < -0.39 is 23.8 Å². The van der Waals surface area contributed by atoms with Crippen LogP contribution in [0.5, 0.6) is 0 Å². The number of carboxylic acids is 2. The first-order valence-corrected chi connectivity index (χ1v) is 4.21. The van der Waals surface area contributed by atoms with Gasteiger partial charge < -0.3 is 19.8 Å². The molecular weight excluding hydrogens is 218 g/mol. The summed E-state index contributed by atoms with van der Waals surface area (Å²) in [4.78, 5) is 21.3. The molecule has 0 aromatic carbocycles. The third kappa shape index (κ3) is 2.68. The molecule has 15 heavy (non-hydrogen) atoms. The Morgan fingerprint density at radius 3 is 1.53 bits per heavy atom. The fourth-order valence-corrected chi connectivity index (χ4v) is 2.46. The molecule has 2 aliphatic carbocycles. The van der Waals surface area contributed by atoms with E-state index in [0.717, 1.165) is 0 Å². The second-order valence-corrected chi connectivity index (χ2v) is 3.64. The summed E-state index contributed by atoms with van der Waals surface area (Å²) < 4.78 is 0. The second kappa shape index (κ2) is 5.84. The maximum Gasteiger partial charge on any atom is 1.00 e. The first-order chi connectivity index (χ1) is 6.11. The predicted molar refractivity (Wildman–Crippen MR) is 37.7 cm³/mol. The van der Waals surface area contributed by atoms with E-state index in [1.54, 1.807) is 12.2 Å². The minimum atomic E-state index is -1.27. The summed E-state index contributed by atoms with van der Waals surface area (Å²) in [5.74, 6) is -4.66. The van der Waals surface area contributed by atoms with E-state index in [-0.39, 0.29) is 71.0 Å². The van der Waals surface area contributed by atoms with Crippen molar-refractivity contribution in [3.63, 3.8) is 0 Å². The van der Waals surface area contributed by atoms with E-state index >= 15 is 0 Å². The van der Waals surface area contributed by atoms with Crippen molar-refractivity contribution in [2.75, 3.05) is 0 Å². The van der Waals surface area contributed by atoms with Crippen molar-refractivity contribution in [3.8, 4) is 0 Å². The second-order valence-electron chi connectivity index (χ2n) is 3.64. The van der Waals surface area contributed by atoms with Crippen LogP contribution in [0.25, 0.3) is 0 Å². The van der Waals surface area contributed by atoms with Gasteiger partial charge in [0.15, 0.2) is 0 Å². The molecule has 1 fully saturated rings. The van der Waals surface area contributed by atoms with Gasteiger partial charge in [0.1, 0.15) is 0 Å². The van der Waals surface area contributed by atoms with Crippen LogP contribution in [0.1, 0.15) is 6.42 Å². The van der Waals surface area contributed by atoms with E-state index in [1.807, 2.05) is 0 Å². The van der Waals surface area contributed by atoms with Crippen molar-refractivity contribution in [2.24, 2.45) is 23.7 Å². The van der Waals surface area contributed by atoms with Crippen molar-refractivity contribution in [3.05, 3.63) is 12.2 Å². The van der Waals surface area contributed by atoms with E-state index in [1.165, 1.54) is 0 Å². The molecule has 0 spiro atoms. The van der Waals surface area contributed by atoms with Gasteiger partial charge in [-0.3, -0.25) is 0 Å². The van der Waals surface area contributed by atoms with Gasteiger partial charge in [-0.05, 0) is 18.3 Å². The molecule has 4 atom stereocenters. The quantitative estimate of drug-likeness (QED) is 0.346. The number of rotatable bonds is 2. The van der Waals surface area contributed by atoms with Gasteiger partial charge >= 0.3 is 59.1 Å². The third-order valence-corrected chi connectivity index (χ3v) is 3.00. The third-order valence-electron chi connectivity index (χ3n) is 3.00. The van der Waals surface area contributed by atoms with Crippen LogP contribution in [0.4, 0.5) is 0 Å². The molecule has 1 saturated carbocycles. The molecule has 0 aliphatic heterocycles. The fraction of sp³-hybridized carbons (Fsp3) is 0.556. The summed E-state index contributed by atoms with van der Waals surface area (Å²) in [6.45, 7) is 0. The SMILES string of the molecule is O=C([O-])[C@@H]1C2C=CC(C2)[C@H]1C(=O)[O-].[Na+].[Na+]. The van der Waals surface area contributed by atoms with Crippen LogP contribution >= 0.6 is 0 Å². The zero-order valence-corrected chi connectivity index (χ0v) is 12.8. The summed E-state index contributed by atoms with van der Waals surface area (Å²) in [6, 6.07) is 0. The molecule has 0 saturated heterocycles. The summed E-state index contributed by atoms with van der Waals surface area (Å²) in [5, 5.41) is 21.3. The Bertz CT molecular complexity index is 274. The Balaban J connectivity index is 0.000000980. The number of hydrogen-bond donors (Lipinski definition) is 0. The van der Waals surface area contributed by atoms with Gasteiger partial charge in [-0.1, -0.05) is 12.2 Å². The summed E-state index contributed by atoms with van der Waals surface area (Å²) in [5.41, 5.74) is 0. The Kier molecular flexibility index (Phi) is 6.11. The van der Waals surface area contributed by atoms with Crippen molar-refractivity contribution in [2.45, 2.75) is 6.42 Å². The molecule has 0 radical (unpaired) electrons. The number of aliphatic carboxylic acids is 2. The van der Waals surface area contributed by atoms with Gasteiger partial charge in [0, 0.05) is 23.8 Å². The van der Waals surface area contributed by atoms with Crippen LogP contribution in [0.2, 0.25) is 0 Å². The van der Waals surface area contributed by atoms with Crippen molar-refractivity contribution >= 4 is 11.9 Å². The summed E-state index contributed by atoms with van der Waals surface area (Å²) in [7, 11) is 0. The average Bonchev–Trinajstić information content (AvgIpc) is 2.60. The molecule has 2 unspecified atom stereocenters. The maximum absolute atomic E-state index is 10.7. The fourth-order valence-electron chi connectivity index (χ4n) is 2.46. The molecule has 2 bridgehead atoms. The van der Waals surface area contributed by atoms with Gasteiger partial charge in [-0.15, -0.1) is 0 Å². The van der Waals surface area contributed by atoms with Crippen molar-refractivity contribution in [1.82, 2.24) is 0 Å². The number of carboxylic acid groups (broad SMARTS) is 2. The molecule has 0 amide bonds. The number of carbonyl (C=O) groups is 2. The number of carbonyl (C=O) groups excluding carboxylic acids is 2. The first kappa shape index (κ1) is 15.7. The minimum Gasteiger partial charge on any atom is -0.550 e. The zero-order valence-electron chi connectivity index (χ0n) is 8.80. The molecule has 0 aromatic rings. The number of hydrogen-bond acceptors (Lipinski definition) is 4. The molecular formula is C9H8Na2O4.